The second-order valence-corrected chi connectivity index (χ2v) is 9.74. The molecule has 0 saturated heterocycles. The Morgan fingerprint density at radius 3 is 1.50 bits per heavy atom. The maximum Gasteiger partial charge on any atom is 0.416 e. The standard InChI is InChI=1S/C31H22F6O3/c1-18-12-21(16-25-8-10-27(39-25)19-4-2-6-23(14-19)30(32,33)34)29(38)22(13-18)17-26-9-11-28(40-26)20-5-3-7-24(15-20)31(35,36)37/h2-11,14-18H,12-13H2,1H3. The van der Waals surface area contributed by atoms with Crippen LogP contribution in [0.5, 0.6) is 0 Å². The van der Waals surface area contributed by atoms with Gasteiger partial charge in [0.2, 0.25) is 0 Å². The minimum Gasteiger partial charge on any atom is -0.457 e. The van der Waals surface area contributed by atoms with E-state index in [2.05, 4.69) is 0 Å². The highest BCUT2D eigenvalue weighted by molar-refractivity contribution is 6.13. The molecule has 1 aliphatic carbocycles. The first-order chi connectivity index (χ1) is 18.9. The lowest BCUT2D eigenvalue weighted by Gasteiger charge is -2.22. The van der Waals surface area contributed by atoms with Crippen molar-refractivity contribution in [2.75, 3.05) is 0 Å². The molecule has 0 amide bonds. The lowest BCUT2D eigenvalue weighted by atomic mass is 9.81. The molecule has 2 heterocycles. The fourth-order valence-corrected chi connectivity index (χ4v) is 4.68. The highest BCUT2D eigenvalue weighted by atomic mass is 19.4. The fraction of sp³-hybridized carbons (Fsp3) is 0.194. The number of allylic oxidation sites excluding steroid dienone is 2. The van der Waals surface area contributed by atoms with Crippen molar-refractivity contribution in [1.29, 1.82) is 0 Å². The van der Waals surface area contributed by atoms with Crippen molar-refractivity contribution in [1.82, 2.24) is 0 Å². The summed E-state index contributed by atoms with van der Waals surface area (Å²) in [5.41, 5.74) is -0.113. The van der Waals surface area contributed by atoms with Crippen LogP contribution in [0, 0.1) is 5.92 Å². The molecule has 2 aromatic carbocycles. The molecule has 206 valence electrons. The number of rotatable bonds is 4. The molecule has 0 bridgehead atoms. The van der Waals surface area contributed by atoms with E-state index < -0.39 is 23.5 Å². The number of furan rings is 2. The predicted molar refractivity (Wildman–Crippen MR) is 138 cm³/mol. The summed E-state index contributed by atoms with van der Waals surface area (Å²) in [7, 11) is 0. The summed E-state index contributed by atoms with van der Waals surface area (Å²) in [5, 5.41) is 0. The lowest BCUT2D eigenvalue weighted by molar-refractivity contribution is -0.138. The van der Waals surface area contributed by atoms with Crippen LogP contribution < -0.4 is 0 Å². The number of hydrogen-bond donors (Lipinski definition) is 0. The number of carbonyl (C=O) groups excluding carboxylic acids is 1. The average Bonchev–Trinajstić information content (AvgIpc) is 3.56. The summed E-state index contributed by atoms with van der Waals surface area (Å²) in [6.07, 6.45) is -4.85. The maximum atomic E-state index is 13.3. The summed E-state index contributed by atoms with van der Waals surface area (Å²) in [6, 6.07) is 15.9. The first kappa shape index (κ1) is 27.3. The fourth-order valence-electron chi connectivity index (χ4n) is 4.68. The number of carbonyl (C=O) groups is 1. The Labute approximate surface area is 225 Å². The molecular weight excluding hydrogens is 534 g/mol. The van der Waals surface area contributed by atoms with Gasteiger partial charge in [0.05, 0.1) is 11.1 Å². The Hall–Kier alpha value is -4.27. The van der Waals surface area contributed by atoms with Crippen LogP contribution in [0.3, 0.4) is 0 Å². The topological polar surface area (TPSA) is 43.4 Å². The van der Waals surface area contributed by atoms with Gasteiger partial charge in [-0.05, 0) is 79.4 Å². The average molecular weight is 557 g/mol. The van der Waals surface area contributed by atoms with E-state index in [1.807, 2.05) is 6.92 Å². The minimum atomic E-state index is -4.48. The lowest BCUT2D eigenvalue weighted by Crippen LogP contribution is -2.18. The van der Waals surface area contributed by atoms with Crippen LogP contribution in [0.4, 0.5) is 26.3 Å². The van der Waals surface area contributed by atoms with E-state index >= 15 is 0 Å². The quantitative estimate of drug-likeness (QED) is 0.186. The number of benzene rings is 2. The van der Waals surface area contributed by atoms with Crippen LogP contribution in [0.1, 0.15) is 42.4 Å². The summed E-state index contributed by atoms with van der Waals surface area (Å²) in [5.74, 6) is 1.01. The number of ketones is 1. The monoisotopic (exact) mass is 556 g/mol. The first-order valence-corrected chi connectivity index (χ1v) is 12.4. The smallest absolute Gasteiger partial charge is 0.416 e. The molecule has 9 heteroatoms. The summed E-state index contributed by atoms with van der Waals surface area (Å²) in [4.78, 5) is 13.3. The molecule has 2 aromatic heterocycles. The van der Waals surface area contributed by atoms with Crippen molar-refractivity contribution >= 4 is 17.9 Å². The first-order valence-electron chi connectivity index (χ1n) is 12.4. The van der Waals surface area contributed by atoms with Crippen LogP contribution in [-0.2, 0) is 17.1 Å². The normalized spacial score (nSPS) is 18.6. The van der Waals surface area contributed by atoms with Gasteiger partial charge in [-0.15, -0.1) is 0 Å². The van der Waals surface area contributed by atoms with Crippen molar-refractivity contribution < 1.29 is 40.0 Å². The van der Waals surface area contributed by atoms with Gasteiger partial charge < -0.3 is 8.83 Å². The molecule has 0 N–H and O–H groups in total. The van der Waals surface area contributed by atoms with Crippen LogP contribution in [-0.4, -0.2) is 5.78 Å². The van der Waals surface area contributed by atoms with Crippen molar-refractivity contribution in [2.45, 2.75) is 32.1 Å². The van der Waals surface area contributed by atoms with Gasteiger partial charge >= 0.3 is 12.4 Å². The van der Waals surface area contributed by atoms with Gasteiger partial charge in [-0.25, -0.2) is 0 Å². The summed E-state index contributed by atoms with van der Waals surface area (Å²) >= 11 is 0. The highest BCUT2D eigenvalue weighted by Gasteiger charge is 2.32. The van der Waals surface area contributed by atoms with Crippen LogP contribution >= 0.6 is 0 Å². The van der Waals surface area contributed by atoms with Crippen molar-refractivity contribution in [3.05, 3.63) is 107 Å². The van der Waals surface area contributed by atoms with Gasteiger partial charge in [0.15, 0.2) is 5.78 Å². The zero-order valence-electron chi connectivity index (χ0n) is 21.1. The second kappa shape index (κ2) is 10.4. The molecule has 0 atom stereocenters. The van der Waals surface area contributed by atoms with Gasteiger partial charge in [-0.3, -0.25) is 4.79 Å². The van der Waals surface area contributed by atoms with E-state index in [0.717, 1.165) is 24.3 Å². The molecule has 40 heavy (non-hydrogen) atoms. The van der Waals surface area contributed by atoms with E-state index in [1.165, 1.54) is 24.3 Å². The molecule has 5 rings (SSSR count). The van der Waals surface area contributed by atoms with Crippen molar-refractivity contribution in [2.24, 2.45) is 5.92 Å². The van der Waals surface area contributed by atoms with Crippen LogP contribution in [0.2, 0.25) is 0 Å². The van der Waals surface area contributed by atoms with E-state index in [0.29, 0.717) is 35.5 Å². The zero-order chi connectivity index (χ0) is 28.7. The zero-order valence-corrected chi connectivity index (χ0v) is 21.1. The highest BCUT2D eigenvalue weighted by Crippen LogP contribution is 2.36. The van der Waals surface area contributed by atoms with Gasteiger partial charge in [0, 0.05) is 22.3 Å². The molecule has 1 fully saturated rings. The van der Waals surface area contributed by atoms with Crippen LogP contribution in [0.15, 0.2) is 92.8 Å². The van der Waals surface area contributed by atoms with E-state index in [1.54, 1.807) is 36.4 Å². The van der Waals surface area contributed by atoms with Crippen molar-refractivity contribution in [3.63, 3.8) is 0 Å². The van der Waals surface area contributed by atoms with Gasteiger partial charge in [0.1, 0.15) is 23.0 Å². The second-order valence-electron chi connectivity index (χ2n) is 9.74. The maximum absolute atomic E-state index is 13.3. The third-order valence-electron chi connectivity index (χ3n) is 6.56. The third-order valence-corrected chi connectivity index (χ3v) is 6.56. The van der Waals surface area contributed by atoms with Gasteiger partial charge in [-0.1, -0.05) is 31.2 Å². The molecular formula is C31H22F6O3. The van der Waals surface area contributed by atoms with Gasteiger partial charge in [-0.2, -0.15) is 26.3 Å². The SMILES string of the molecule is CC1CC(=Cc2ccc(-c3cccc(C(F)(F)F)c3)o2)C(=O)C(=Cc2ccc(-c3cccc(C(F)(F)F)c3)o2)C1. The Morgan fingerprint density at radius 1 is 0.675 bits per heavy atom. The predicted octanol–water partition coefficient (Wildman–Crippen LogP) is 9.71. The van der Waals surface area contributed by atoms with E-state index in [-0.39, 0.29) is 34.3 Å². The molecule has 0 aliphatic heterocycles. The third kappa shape index (κ3) is 5.98. The number of Topliss-reactive ketones (excluding diaryl/α,β-unsaturated/α-hetero) is 1. The number of halogens is 6. The molecule has 0 spiro atoms. The molecule has 3 nitrogen and oxygen atoms in total. The number of hydrogen-bond acceptors (Lipinski definition) is 3. The van der Waals surface area contributed by atoms with E-state index in [4.69, 9.17) is 8.83 Å². The Morgan fingerprint density at radius 2 is 1.10 bits per heavy atom. The number of alkyl halides is 6. The van der Waals surface area contributed by atoms with Crippen molar-refractivity contribution in [3.8, 4) is 22.6 Å². The Kier molecular flexibility index (Phi) is 7.08. The molecule has 4 aromatic rings. The van der Waals surface area contributed by atoms with E-state index in [9.17, 15) is 31.1 Å². The Bertz CT molecular complexity index is 1500. The summed E-state index contributed by atoms with van der Waals surface area (Å²) in [6.45, 7) is 1.97. The largest absolute Gasteiger partial charge is 0.457 e. The molecule has 0 radical (unpaired) electrons. The summed E-state index contributed by atoms with van der Waals surface area (Å²) < 4.78 is 90.0. The minimum absolute atomic E-state index is 0.103. The molecule has 1 saturated carbocycles. The molecule has 1 aliphatic rings. The van der Waals surface area contributed by atoms with Crippen LogP contribution in [0.25, 0.3) is 34.8 Å². The Balaban J connectivity index is 1.38. The molecule has 0 unspecified atom stereocenters. The van der Waals surface area contributed by atoms with Gasteiger partial charge in [0.25, 0.3) is 0 Å².